The van der Waals surface area contributed by atoms with Crippen LogP contribution in [0.25, 0.3) is 0 Å². The summed E-state index contributed by atoms with van der Waals surface area (Å²) in [5, 5.41) is 0. The zero-order chi connectivity index (χ0) is 10.5. The summed E-state index contributed by atoms with van der Waals surface area (Å²) in [6.45, 7) is 8.77. The predicted molar refractivity (Wildman–Crippen MR) is 55.4 cm³/mol. The molecule has 0 aromatic heterocycles. The second-order valence-electron chi connectivity index (χ2n) is 4.06. The van der Waals surface area contributed by atoms with Crippen molar-refractivity contribution in [2.24, 2.45) is 11.5 Å². The summed E-state index contributed by atoms with van der Waals surface area (Å²) in [4.78, 5) is 0. The van der Waals surface area contributed by atoms with Gasteiger partial charge in [0.05, 0.1) is 13.2 Å². The van der Waals surface area contributed by atoms with Gasteiger partial charge in [0.1, 0.15) is 0 Å². The van der Waals surface area contributed by atoms with Crippen LogP contribution in [-0.4, -0.2) is 34.1 Å². The molecule has 1 radical (unpaired) electrons. The lowest BCUT2D eigenvalue weighted by Crippen LogP contribution is -2.40. The Morgan fingerprint density at radius 2 is 1.92 bits per heavy atom. The molecule has 0 saturated carbocycles. The van der Waals surface area contributed by atoms with Crippen molar-refractivity contribution in [3.05, 3.63) is 0 Å². The van der Waals surface area contributed by atoms with Crippen molar-refractivity contribution in [3.63, 3.8) is 0 Å². The van der Waals surface area contributed by atoms with Crippen LogP contribution in [-0.2, 0) is 8.85 Å². The van der Waals surface area contributed by atoms with E-state index in [1.165, 1.54) is 0 Å². The number of hydrogen-bond acceptors (Lipinski definition) is 4. The maximum absolute atomic E-state index is 5.75. The smallest absolute Gasteiger partial charge is 0.381 e. The molecule has 0 bridgehead atoms. The van der Waals surface area contributed by atoms with Gasteiger partial charge in [-0.1, -0.05) is 0 Å². The van der Waals surface area contributed by atoms with E-state index in [1.807, 2.05) is 27.3 Å². The lowest BCUT2D eigenvalue weighted by Gasteiger charge is -2.21. The second-order valence-corrected chi connectivity index (χ2v) is 5.62. The third-order valence-corrected chi connectivity index (χ3v) is 2.32. The van der Waals surface area contributed by atoms with E-state index >= 15 is 0 Å². The van der Waals surface area contributed by atoms with Crippen LogP contribution in [0, 0.1) is 0 Å². The first-order chi connectivity index (χ1) is 5.81. The summed E-state index contributed by atoms with van der Waals surface area (Å²) in [5.41, 5.74) is 11.0. The van der Waals surface area contributed by atoms with Crippen LogP contribution in [0.4, 0.5) is 0 Å². The Kier molecular flexibility index (Phi) is 5.74. The molecular formula is C8H21N2O2Si. The first-order valence-electron chi connectivity index (χ1n) is 4.45. The highest BCUT2D eigenvalue weighted by atomic mass is 28.3. The van der Waals surface area contributed by atoms with Gasteiger partial charge in [0.15, 0.2) is 0 Å². The van der Waals surface area contributed by atoms with Gasteiger partial charge >= 0.3 is 9.28 Å². The first-order valence-corrected chi connectivity index (χ1v) is 6.26. The summed E-state index contributed by atoms with van der Waals surface area (Å²) in [5.74, 6) is 0. The highest BCUT2D eigenvalue weighted by Gasteiger charge is 2.15. The zero-order valence-corrected chi connectivity index (χ0v) is 9.96. The van der Waals surface area contributed by atoms with Gasteiger partial charge in [0.2, 0.25) is 0 Å². The maximum atomic E-state index is 5.75. The van der Waals surface area contributed by atoms with Crippen molar-refractivity contribution in [2.75, 3.05) is 13.2 Å². The zero-order valence-electron chi connectivity index (χ0n) is 8.96. The van der Waals surface area contributed by atoms with Gasteiger partial charge in [-0.15, -0.1) is 0 Å². The molecule has 1 unspecified atom stereocenters. The van der Waals surface area contributed by atoms with Crippen molar-refractivity contribution in [2.45, 2.75) is 38.9 Å². The summed E-state index contributed by atoms with van der Waals surface area (Å²) >= 11 is 0. The molecule has 4 N–H and O–H groups in total. The van der Waals surface area contributed by atoms with Crippen LogP contribution < -0.4 is 11.5 Å². The van der Waals surface area contributed by atoms with Gasteiger partial charge in [-0.2, -0.15) is 0 Å². The minimum Gasteiger partial charge on any atom is -0.392 e. The van der Waals surface area contributed by atoms with E-state index in [4.69, 9.17) is 20.3 Å². The lowest BCUT2D eigenvalue weighted by atomic mass is 10.1. The molecule has 13 heavy (non-hydrogen) atoms. The summed E-state index contributed by atoms with van der Waals surface area (Å²) < 4.78 is 10.9. The van der Waals surface area contributed by atoms with E-state index in [9.17, 15) is 0 Å². The number of hydrogen-bond donors (Lipinski definition) is 2. The molecule has 0 aliphatic rings. The van der Waals surface area contributed by atoms with Crippen molar-refractivity contribution in [1.82, 2.24) is 0 Å². The maximum Gasteiger partial charge on any atom is 0.381 e. The Labute approximate surface area is 82.4 Å². The van der Waals surface area contributed by atoms with E-state index in [-0.39, 0.29) is 11.6 Å². The van der Waals surface area contributed by atoms with E-state index in [0.717, 1.165) is 0 Å². The van der Waals surface area contributed by atoms with Gasteiger partial charge in [-0.25, -0.2) is 0 Å². The molecule has 0 aliphatic heterocycles. The summed E-state index contributed by atoms with van der Waals surface area (Å²) in [6, 6.07) is 0.0643. The Bertz CT molecular complexity index is 137. The fourth-order valence-corrected chi connectivity index (χ4v) is 1.73. The van der Waals surface area contributed by atoms with Gasteiger partial charge in [-0.05, 0) is 27.3 Å². The fraction of sp³-hybridized carbons (Fsp3) is 1.00. The second kappa shape index (κ2) is 5.72. The number of rotatable bonds is 6. The average Bonchev–Trinajstić information content (AvgIpc) is 1.95. The SMILES string of the molecule is CC(N)CO[Si](C)OCC(C)(C)N. The molecule has 0 spiro atoms. The Hall–Kier alpha value is 0.0569. The van der Waals surface area contributed by atoms with Gasteiger partial charge < -0.3 is 20.3 Å². The number of nitrogens with two attached hydrogens (primary N) is 2. The highest BCUT2D eigenvalue weighted by molar-refractivity contribution is 6.42. The molecule has 5 heteroatoms. The van der Waals surface area contributed by atoms with Crippen molar-refractivity contribution in [1.29, 1.82) is 0 Å². The Balaban J connectivity index is 3.46. The van der Waals surface area contributed by atoms with Crippen molar-refractivity contribution in [3.8, 4) is 0 Å². The van der Waals surface area contributed by atoms with Gasteiger partial charge in [0.25, 0.3) is 0 Å². The fourth-order valence-electron chi connectivity index (χ4n) is 0.578. The topological polar surface area (TPSA) is 70.5 Å². The molecule has 0 aliphatic carbocycles. The minimum absolute atomic E-state index is 0.0643. The Morgan fingerprint density at radius 3 is 2.31 bits per heavy atom. The van der Waals surface area contributed by atoms with E-state index < -0.39 is 9.28 Å². The first kappa shape index (κ1) is 13.1. The van der Waals surface area contributed by atoms with Crippen LogP contribution in [0.15, 0.2) is 0 Å². The largest absolute Gasteiger partial charge is 0.392 e. The quantitative estimate of drug-likeness (QED) is 0.609. The third kappa shape index (κ3) is 9.97. The normalized spacial score (nSPS) is 15.0. The highest BCUT2D eigenvalue weighted by Crippen LogP contribution is 1.99. The van der Waals surface area contributed by atoms with Crippen LogP contribution >= 0.6 is 0 Å². The van der Waals surface area contributed by atoms with E-state index in [0.29, 0.717) is 13.2 Å². The van der Waals surface area contributed by atoms with Crippen molar-refractivity contribution < 1.29 is 8.85 Å². The van der Waals surface area contributed by atoms with Crippen LogP contribution in [0.2, 0.25) is 6.55 Å². The van der Waals surface area contributed by atoms with Crippen molar-refractivity contribution >= 4 is 9.28 Å². The predicted octanol–water partition coefficient (Wildman–Crippen LogP) is 0.222. The minimum atomic E-state index is -1.18. The molecular weight excluding hydrogens is 184 g/mol. The van der Waals surface area contributed by atoms with Crippen LogP contribution in [0.3, 0.4) is 0 Å². The third-order valence-electron chi connectivity index (χ3n) is 1.20. The van der Waals surface area contributed by atoms with E-state index in [1.54, 1.807) is 0 Å². The Morgan fingerprint density at radius 1 is 1.38 bits per heavy atom. The monoisotopic (exact) mass is 205 g/mol. The molecule has 0 amide bonds. The van der Waals surface area contributed by atoms with E-state index in [2.05, 4.69) is 0 Å². The average molecular weight is 205 g/mol. The van der Waals surface area contributed by atoms with Crippen LogP contribution in [0.1, 0.15) is 20.8 Å². The molecule has 0 aromatic rings. The lowest BCUT2D eigenvalue weighted by molar-refractivity contribution is 0.166. The molecule has 0 aromatic carbocycles. The molecule has 0 heterocycles. The molecule has 79 valence electrons. The molecule has 0 rings (SSSR count). The van der Waals surface area contributed by atoms with Gasteiger partial charge in [0, 0.05) is 11.6 Å². The summed E-state index contributed by atoms with van der Waals surface area (Å²) in [6.07, 6.45) is 0. The molecule has 0 fully saturated rings. The van der Waals surface area contributed by atoms with Crippen LogP contribution in [0.5, 0.6) is 0 Å². The molecule has 4 nitrogen and oxygen atoms in total. The molecule has 0 saturated heterocycles. The standard InChI is InChI=1S/C8H21N2O2Si/c1-7(9)5-11-13(4)12-6-8(2,3)10/h7H,5-6,9-10H2,1-4H3. The summed E-state index contributed by atoms with van der Waals surface area (Å²) in [7, 11) is -1.18. The molecule has 1 atom stereocenters. The van der Waals surface area contributed by atoms with Gasteiger partial charge in [-0.3, -0.25) is 0 Å².